The molecule has 3 heteroatoms. The monoisotopic (exact) mass is 218 g/mol. The molecule has 16 heavy (non-hydrogen) atoms. The lowest BCUT2D eigenvalue weighted by Gasteiger charge is -2.37. The van der Waals surface area contributed by atoms with Crippen LogP contribution in [0.4, 0.5) is 5.69 Å². The third kappa shape index (κ3) is 1.55. The molecule has 0 amide bonds. The largest absolute Gasteiger partial charge is 0.497 e. The molecule has 1 aromatic rings. The number of anilines is 1. The highest BCUT2D eigenvalue weighted by Gasteiger charge is 2.36. The van der Waals surface area contributed by atoms with Crippen molar-refractivity contribution in [2.24, 2.45) is 0 Å². The summed E-state index contributed by atoms with van der Waals surface area (Å²) in [6.07, 6.45) is 2.63. The minimum atomic E-state index is 0.672. The Hall–Kier alpha value is -1.22. The topological polar surface area (TPSA) is 24.5 Å². The molecule has 2 fully saturated rings. The number of piperazine rings is 1. The standard InChI is InChI=1S/C13H18N2O/c1-16-13-4-2-3-10(7-13)15-11-5-6-12(15)9-14-8-11/h2-4,7,11-12,14H,5-6,8-9H2,1H3. The second-order valence-corrected chi connectivity index (χ2v) is 4.65. The summed E-state index contributed by atoms with van der Waals surface area (Å²) in [5.41, 5.74) is 1.31. The Bertz CT molecular complexity index is 364. The Balaban J connectivity index is 1.91. The molecule has 1 aromatic carbocycles. The van der Waals surface area contributed by atoms with Gasteiger partial charge in [-0.25, -0.2) is 0 Å². The maximum atomic E-state index is 5.29. The van der Waals surface area contributed by atoms with Crippen LogP contribution in [0.3, 0.4) is 0 Å². The number of hydrogen-bond donors (Lipinski definition) is 1. The lowest BCUT2D eigenvalue weighted by molar-refractivity contribution is 0.414. The van der Waals surface area contributed by atoms with Gasteiger partial charge in [0, 0.05) is 36.9 Å². The fourth-order valence-corrected chi connectivity index (χ4v) is 2.97. The van der Waals surface area contributed by atoms with E-state index in [2.05, 4.69) is 28.4 Å². The number of nitrogens with zero attached hydrogens (tertiary/aromatic N) is 1. The molecule has 86 valence electrons. The van der Waals surface area contributed by atoms with Crippen molar-refractivity contribution < 1.29 is 4.74 Å². The second kappa shape index (κ2) is 3.98. The number of fused-ring (bicyclic) bond motifs is 2. The molecule has 0 aliphatic carbocycles. The highest BCUT2D eigenvalue weighted by atomic mass is 16.5. The lowest BCUT2D eigenvalue weighted by atomic mass is 10.1. The van der Waals surface area contributed by atoms with E-state index in [0.29, 0.717) is 12.1 Å². The van der Waals surface area contributed by atoms with Crippen LogP contribution in [0.2, 0.25) is 0 Å². The van der Waals surface area contributed by atoms with Crippen LogP contribution in [0.25, 0.3) is 0 Å². The molecule has 2 aliphatic rings. The molecule has 0 radical (unpaired) electrons. The molecule has 2 saturated heterocycles. The number of ether oxygens (including phenoxy) is 1. The Kier molecular flexibility index (Phi) is 2.48. The quantitative estimate of drug-likeness (QED) is 0.816. The zero-order valence-corrected chi connectivity index (χ0v) is 9.65. The summed E-state index contributed by atoms with van der Waals surface area (Å²) in [7, 11) is 1.73. The normalized spacial score (nSPS) is 28.2. The van der Waals surface area contributed by atoms with Crippen molar-refractivity contribution in [2.45, 2.75) is 24.9 Å². The number of nitrogens with one attached hydrogen (secondary N) is 1. The van der Waals surface area contributed by atoms with Gasteiger partial charge in [-0.2, -0.15) is 0 Å². The SMILES string of the molecule is COc1cccc(N2C3CCC2CNC3)c1. The summed E-state index contributed by atoms with van der Waals surface area (Å²) in [6.45, 7) is 2.24. The number of methoxy groups -OCH3 is 1. The summed E-state index contributed by atoms with van der Waals surface area (Å²) >= 11 is 0. The van der Waals surface area contributed by atoms with Crippen LogP contribution < -0.4 is 15.0 Å². The molecule has 2 heterocycles. The summed E-state index contributed by atoms with van der Waals surface area (Å²) in [5.74, 6) is 0.954. The van der Waals surface area contributed by atoms with Crippen molar-refractivity contribution in [3.63, 3.8) is 0 Å². The van der Waals surface area contributed by atoms with Gasteiger partial charge in [0.25, 0.3) is 0 Å². The van der Waals surface area contributed by atoms with Crippen molar-refractivity contribution >= 4 is 5.69 Å². The van der Waals surface area contributed by atoms with Crippen LogP contribution in [0.5, 0.6) is 5.75 Å². The number of rotatable bonds is 2. The van der Waals surface area contributed by atoms with E-state index in [1.165, 1.54) is 18.5 Å². The van der Waals surface area contributed by atoms with Crippen molar-refractivity contribution in [3.8, 4) is 5.75 Å². The minimum absolute atomic E-state index is 0.672. The van der Waals surface area contributed by atoms with E-state index in [4.69, 9.17) is 4.74 Å². The van der Waals surface area contributed by atoms with Crippen molar-refractivity contribution in [2.75, 3.05) is 25.1 Å². The van der Waals surface area contributed by atoms with Crippen LogP contribution in [0.15, 0.2) is 24.3 Å². The van der Waals surface area contributed by atoms with Crippen molar-refractivity contribution in [1.82, 2.24) is 5.32 Å². The Morgan fingerprint density at radius 2 is 2.00 bits per heavy atom. The molecule has 3 rings (SSSR count). The number of benzene rings is 1. The fraction of sp³-hybridized carbons (Fsp3) is 0.538. The van der Waals surface area contributed by atoms with Gasteiger partial charge in [0.15, 0.2) is 0 Å². The summed E-state index contributed by atoms with van der Waals surface area (Å²) in [6, 6.07) is 9.77. The zero-order valence-electron chi connectivity index (χ0n) is 9.65. The van der Waals surface area contributed by atoms with Gasteiger partial charge in [0.1, 0.15) is 5.75 Å². The first kappa shape index (κ1) is 9.97. The molecule has 2 aliphatic heterocycles. The van der Waals surface area contributed by atoms with Gasteiger partial charge in [-0.3, -0.25) is 0 Å². The molecular weight excluding hydrogens is 200 g/mol. The summed E-state index contributed by atoms with van der Waals surface area (Å²) in [5, 5.41) is 3.50. The first-order valence-electron chi connectivity index (χ1n) is 6.01. The molecular formula is C13H18N2O. The highest BCUT2D eigenvalue weighted by Crippen LogP contribution is 2.33. The fourth-order valence-electron chi connectivity index (χ4n) is 2.97. The van der Waals surface area contributed by atoms with E-state index in [1.807, 2.05) is 6.07 Å². The highest BCUT2D eigenvalue weighted by molar-refractivity contribution is 5.54. The average Bonchev–Trinajstić information content (AvgIpc) is 2.59. The van der Waals surface area contributed by atoms with E-state index in [-0.39, 0.29) is 0 Å². The molecule has 0 aromatic heterocycles. The molecule has 1 N–H and O–H groups in total. The molecule has 2 unspecified atom stereocenters. The predicted molar refractivity (Wildman–Crippen MR) is 65.2 cm³/mol. The third-order valence-electron chi connectivity index (χ3n) is 3.73. The van der Waals surface area contributed by atoms with E-state index in [9.17, 15) is 0 Å². The Morgan fingerprint density at radius 1 is 1.25 bits per heavy atom. The van der Waals surface area contributed by atoms with Crippen LogP contribution in [0, 0.1) is 0 Å². The molecule has 0 spiro atoms. The predicted octanol–water partition coefficient (Wildman–Crippen LogP) is 1.64. The summed E-state index contributed by atoms with van der Waals surface area (Å²) < 4.78 is 5.29. The number of hydrogen-bond acceptors (Lipinski definition) is 3. The van der Waals surface area contributed by atoms with Gasteiger partial charge in [-0.1, -0.05) is 6.07 Å². The van der Waals surface area contributed by atoms with Crippen molar-refractivity contribution in [3.05, 3.63) is 24.3 Å². The van der Waals surface area contributed by atoms with Crippen LogP contribution in [-0.4, -0.2) is 32.3 Å². The van der Waals surface area contributed by atoms with Gasteiger partial charge < -0.3 is 15.0 Å². The van der Waals surface area contributed by atoms with Gasteiger partial charge >= 0.3 is 0 Å². The Morgan fingerprint density at radius 3 is 2.69 bits per heavy atom. The first-order chi connectivity index (χ1) is 7.88. The first-order valence-corrected chi connectivity index (χ1v) is 6.01. The van der Waals surface area contributed by atoms with Gasteiger partial charge in [-0.15, -0.1) is 0 Å². The average molecular weight is 218 g/mol. The van der Waals surface area contributed by atoms with Crippen LogP contribution in [0.1, 0.15) is 12.8 Å². The molecule has 3 nitrogen and oxygen atoms in total. The minimum Gasteiger partial charge on any atom is -0.497 e. The zero-order chi connectivity index (χ0) is 11.0. The van der Waals surface area contributed by atoms with E-state index < -0.39 is 0 Å². The Labute approximate surface area is 96.4 Å². The van der Waals surface area contributed by atoms with Crippen LogP contribution in [-0.2, 0) is 0 Å². The van der Waals surface area contributed by atoms with Crippen molar-refractivity contribution in [1.29, 1.82) is 0 Å². The maximum absolute atomic E-state index is 5.29. The van der Waals surface area contributed by atoms with E-state index in [1.54, 1.807) is 7.11 Å². The van der Waals surface area contributed by atoms with E-state index in [0.717, 1.165) is 18.8 Å². The van der Waals surface area contributed by atoms with Gasteiger partial charge in [0.2, 0.25) is 0 Å². The summed E-state index contributed by atoms with van der Waals surface area (Å²) in [4.78, 5) is 2.57. The maximum Gasteiger partial charge on any atom is 0.120 e. The lowest BCUT2D eigenvalue weighted by Crippen LogP contribution is -2.51. The van der Waals surface area contributed by atoms with Crippen LogP contribution >= 0.6 is 0 Å². The molecule has 0 saturated carbocycles. The third-order valence-corrected chi connectivity index (χ3v) is 3.73. The smallest absolute Gasteiger partial charge is 0.120 e. The molecule has 2 bridgehead atoms. The van der Waals surface area contributed by atoms with E-state index >= 15 is 0 Å². The van der Waals surface area contributed by atoms with Gasteiger partial charge in [0.05, 0.1) is 7.11 Å². The second-order valence-electron chi connectivity index (χ2n) is 4.65. The molecule has 2 atom stereocenters. The van der Waals surface area contributed by atoms with Gasteiger partial charge in [-0.05, 0) is 25.0 Å².